The Morgan fingerprint density at radius 1 is 1.21 bits per heavy atom. The molecule has 0 bridgehead atoms. The van der Waals surface area contributed by atoms with E-state index in [2.05, 4.69) is 45.6 Å². The highest BCUT2D eigenvalue weighted by molar-refractivity contribution is 7.90. The molecule has 4 rings (SSSR count). The lowest BCUT2D eigenvalue weighted by molar-refractivity contribution is 0.192. The van der Waals surface area contributed by atoms with Crippen LogP contribution in [0.3, 0.4) is 0 Å². The average molecular weight is 488 g/mol. The number of fused-ring (bicyclic) bond motifs is 1. The molecule has 0 spiro atoms. The van der Waals surface area contributed by atoms with E-state index in [-0.39, 0.29) is 10.6 Å². The molecule has 0 atom stereocenters. The van der Waals surface area contributed by atoms with Crippen LogP contribution in [-0.2, 0) is 9.84 Å². The van der Waals surface area contributed by atoms with Gasteiger partial charge in [0.2, 0.25) is 0 Å². The van der Waals surface area contributed by atoms with Crippen LogP contribution in [0.1, 0.15) is 33.6 Å². The molecule has 0 aliphatic carbocycles. The number of anilines is 1. The summed E-state index contributed by atoms with van der Waals surface area (Å²) in [6, 6.07) is 3.81. The highest BCUT2D eigenvalue weighted by Gasteiger charge is 2.24. The molecule has 1 radical (unpaired) electrons. The van der Waals surface area contributed by atoms with E-state index in [0.29, 0.717) is 11.6 Å². The van der Waals surface area contributed by atoms with Crippen molar-refractivity contribution in [2.75, 3.05) is 43.9 Å². The monoisotopic (exact) mass is 487 g/mol. The summed E-state index contributed by atoms with van der Waals surface area (Å²) >= 11 is 0. The van der Waals surface area contributed by atoms with Gasteiger partial charge in [0.05, 0.1) is 16.5 Å². The second-order valence-corrected chi connectivity index (χ2v) is 11.4. The number of nitrogens with zero attached hydrogens (tertiary/aromatic N) is 6. The fourth-order valence-corrected chi connectivity index (χ4v) is 5.23. The standard InChI is InChI=1S/C24H32FN6O2S/c1-5-30(15-18-8-10-29(11-9-18)14-17(2)3)23-20-13-28-31(24(20)27-16-26-23)22-7-6-19(12-21(22)25)34(4,32)33/h6-7,12-13,16,18H,5,8-11,14-15H2,1-4H3. The average Bonchev–Trinajstić information content (AvgIpc) is 3.22. The molecule has 0 amide bonds. The number of rotatable bonds is 8. The van der Waals surface area contributed by atoms with E-state index in [1.807, 2.05) is 0 Å². The van der Waals surface area contributed by atoms with Gasteiger partial charge in [-0.05, 0) is 62.9 Å². The SMILES string of the molecule is CCN(CC1CCN(C[C](C)C)CC1)c1ncnc2c1cnn2-c1ccc(S(C)(=O)=O)cc1F. The van der Waals surface area contributed by atoms with E-state index in [0.717, 1.165) is 69.1 Å². The minimum Gasteiger partial charge on any atom is -0.356 e. The molecule has 0 N–H and O–H groups in total. The molecule has 34 heavy (non-hydrogen) atoms. The molecule has 1 aliphatic rings. The van der Waals surface area contributed by atoms with Crippen molar-refractivity contribution in [2.24, 2.45) is 5.92 Å². The third kappa shape index (κ3) is 5.22. The summed E-state index contributed by atoms with van der Waals surface area (Å²) in [5.41, 5.74) is 0.628. The van der Waals surface area contributed by atoms with E-state index < -0.39 is 15.7 Å². The summed E-state index contributed by atoms with van der Waals surface area (Å²) in [5.74, 6) is 2.13. The van der Waals surface area contributed by atoms with Crippen LogP contribution < -0.4 is 4.90 Å². The second-order valence-electron chi connectivity index (χ2n) is 9.34. The minimum absolute atomic E-state index is 0.0734. The summed E-state index contributed by atoms with van der Waals surface area (Å²) in [5, 5.41) is 5.11. The Bertz CT molecular complexity index is 1250. The van der Waals surface area contributed by atoms with E-state index in [9.17, 15) is 12.8 Å². The maximum absolute atomic E-state index is 14.8. The van der Waals surface area contributed by atoms with Crippen molar-refractivity contribution in [2.45, 2.75) is 38.5 Å². The first-order chi connectivity index (χ1) is 16.2. The summed E-state index contributed by atoms with van der Waals surface area (Å²) in [4.78, 5) is 13.6. The molecule has 8 nitrogen and oxygen atoms in total. The third-order valence-corrected chi connectivity index (χ3v) is 7.44. The van der Waals surface area contributed by atoms with Crippen LogP contribution in [0.4, 0.5) is 10.2 Å². The van der Waals surface area contributed by atoms with Gasteiger partial charge in [-0.2, -0.15) is 5.10 Å². The predicted octanol–water partition coefficient (Wildman–Crippen LogP) is 3.51. The maximum Gasteiger partial charge on any atom is 0.175 e. The van der Waals surface area contributed by atoms with Crippen molar-refractivity contribution in [3.05, 3.63) is 42.5 Å². The van der Waals surface area contributed by atoms with E-state index in [4.69, 9.17) is 0 Å². The van der Waals surface area contributed by atoms with Crippen molar-refractivity contribution < 1.29 is 12.8 Å². The van der Waals surface area contributed by atoms with Gasteiger partial charge in [-0.1, -0.05) is 13.8 Å². The van der Waals surface area contributed by atoms with Crippen LogP contribution >= 0.6 is 0 Å². The van der Waals surface area contributed by atoms with Crippen molar-refractivity contribution in [3.63, 3.8) is 0 Å². The van der Waals surface area contributed by atoms with E-state index in [1.54, 1.807) is 6.20 Å². The Balaban J connectivity index is 1.58. The number of halogens is 1. The molecular weight excluding hydrogens is 455 g/mol. The van der Waals surface area contributed by atoms with Crippen molar-refractivity contribution in [1.82, 2.24) is 24.6 Å². The van der Waals surface area contributed by atoms with E-state index >= 15 is 0 Å². The van der Waals surface area contributed by atoms with Crippen LogP contribution in [0.25, 0.3) is 16.7 Å². The fraction of sp³-hybridized carbons (Fsp3) is 0.500. The highest BCUT2D eigenvalue weighted by atomic mass is 32.2. The van der Waals surface area contributed by atoms with E-state index in [1.165, 1.54) is 29.1 Å². The molecule has 0 saturated carbocycles. The van der Waals surface area contributed by atoms with Crippen molar-refractivity contribution in [1.29, 1.82) is 0 Å². The van der Waals surface area contributed by atoms with Gasteiger partial charge < -0.3 is 9.80 Å². The zero-order chi connectivity index (χ0) is 24.5. The Labute approximate surface area is 200 Å². The second kappa shape index (κ2) is 9.95. The third-order valence-electron chi connectivity index (χ3n) is 6.33. The topological polar surface area (TPSA) is 84.2 Å². The molecule has 1 saturated heterocycles. The molecule has 2 aromatic heterocycles. The van der Waals surface area contributed by atoms with Gasteiger partial charge in [0.1, 0.15) is 23.6 Å². The quantitative estimate of drug-likeness (QED) is 0.481. The number of hydrogen-bond donors (Lipinski definition) is 0. The molecule has 0 unspecified atom stereocenters. The Hall–Kier alpha value is -2.59. The van der Waals surface area contributed by atoms with Crippen molar-refractivity contribution >= 4 is 26.7 Å². The first-order valence-electron chi connectivity index (χ1n) is 11.6. The molecular formula is C24H32FN6O2S. The summed E-state index contributed by atoms with van der Waals surface area (Å²) in [6.45, 7) is 11.4. The Kier molecular flexibility index (Phi) is 7.18. The van der Waals surface area contributed by atoms with Crippen LogP contribution in [0.5, 0.6) is 0 Å². The highest BCUT2D eigenvalue weighted by Crippen LogP contribution is 2.28. The zero-order valence-corrected chi connectivity index (χ0v) is 21.0. The molecule has 1 fully saturated rings. The number of aromatic nitrogens is 4. The number of likely N-dealkylation sites (tertiary alicyclic amines) is 1. The van der Waals surface area contributed by atoms with Gasteiger partial charge in [0.25, 0.3) is 0 Å². The maximum atomic E-state index is 14.8. The summed E-state index contributed by atoms with van der Waals surface area (Å²) < 4.78 is 39.7. The van der Waals surface area contributed by atoms with Gasteiger partial charge >= 0.3 is 0 Å². The van der Waals surface area contributed by atoms with Crippen molar-refractivity contribution in [3.8, 4) is 5.69 Å². The minimum atomic E-state index is -3.50. The Morgan fingerprint density at radius 3 is 2.56 bits per heavy atom. The largest absolute Gasteiger partial charge is 0.356 e. The molecule has 10 heteroatoms. The van der Waals surface area contributed by atoms with Gasteiger partial charge in [-0.25, -0.2) is 27.5 Å². The first kappa shape index (κ1) is 24.5. The lowest BCUT2D eigenvalue weighted by Gasteiger charge is -2.35. The smallest absolute Gasteiger partial charge is 0.175 e. The lowest BCUT2D eigenvalue weighted by Crippen LogP contribution is -2.40. The van der Waals surface area contributed by atoms with Gasteiger partial charge in [-0.3, -0.25) is 0 Å². The fourth-order valence-electron chi connectivity index (χ4n) is 4.60. The van der Waals surface area contributed by atoms with Crippen LogP contribution in [-0.4, -0.2) is 72.0 Å². The predicted molar refractivity (Wildman–Crippen MR) is 131 cm³/mol. The zero-order valence-electron chi connectivity index (χ0n) is 20.2. The number of benzene rings is 1. The van der Waals surface area contributed by atoms with Gasteiger partial charge in [-0.15, -0.1) is 0 Å². The molecule has 3 heterocycles. The number of sulfone groups is 1. The molecule has 3 aromatic rings. The molecule has 1 aliphatic heterocycles. The normalized spacial score (nSPS) is 15.9. The summed E-state index contributed by atoms with van der Waals surface area (Å²) in [6.07, 6.45) is 6.48. The van der Waals surface area contributed by atoms with Gasteiger partial charge in [0, 0.05) is 25.9 Å². The molecule has 1 aromatic carbocycles. The first-order valence-corrected chi connectivity index (χ1v) is 13.5. The van der Waals surface area contributed by atoms with Crippen LogP contribution in [0.15, 0.2) is 35.6 Å². The lowest BCUT2D eigenvalue weighted by atomic mass is 9.95. The van der Waals surface area contributed by atoms with Gasteiger partial charge in [0.15, 0.2) is 15.5 Å². The Morgan fingerprint density at radius 2 is 1.94 bits per heavy atom. The van der Waals surface area contributed by atoms with Crippen LogP contribution in [0.2, 0.25) is 0 Å². The number of hydrogen-bond acceptors (Lipinski definition) is 7. The number of piperidine rings is 1. The molecule has 183 valence electrons. The van der Waals surface area contributed by atoms with Crippen LogP contribution in [0, 0.1) is 17.7 Å². The summed E-state index contributed by atoms with van der Waals surface area (Å²) in [7, 11) is -3.50.